The molecular formula is C20H27NO. The largest absolute Gasteiger partial charge is 0.378 e. The molecule has 0 heterocycles. The number of Topliss-reactive ketones (excluding diaryl/α,β-unsaturated/α-hetero) is 1. The van der Waals surface area contributed by atoms with Crippen LogP contribution in [0.15, 0.2) is 53.8 Å². The Morgan fingerprint density at radius 2 is 1.64 bits per heavy atom. The second kappa shape index (κ2) is 5.75. The first-order chi connectivity index (χ1) is 10.2. The van der Waals surface area contributed by atoms with Crippen molar-refractivity contribution in [2.75, 3.05) is 14.1 Å². The Kier molecular flexibility index (Phi) is 4.32. The summed E-state index contributed by atoms with van der Waals surface area (Å²) in [5.41, 5.74) is 2.52. The maximum absolute atomic E-state index is 13.3. The first-order valence-electron chi connectivity index (χ1n) is 7.86. The van der Waals surface area contributed by atoms with Gasteiger partial charge in [-0.1, -0.05) is 62.8 Å². The highest BCUT2D eigenvalue weighted by Crippen LogP contribution is 2.49. The van der Waals surface area contributed by atoms with Gasteiger partial charge in [-0.25, -0.2) is 0 Å². The number of likely N-dealkylation sites (N-methyl/N-ethyl adjacent to an activating group) is 1. The van der Waals surface area contributed by atoms with Crippen molar-refractivity contribution < 1.29 is 4.79 Å². The minimum Gasteiger partial charge on any atom is -0.378 e. The zero-order valence-electron chi connectivity index (χ0n) is 14.6. The molecule has 0 aliphatic heterocycles. The fourth-order valence-corrected chi connectivity index (χ4v) is 3.02. The van der Waals surface area contributed by atoms with E-state index in [9.17, 15) is 4.79 Å². The number of hydrogen-bond donors (Lipinski definition) is 0. The molecule has 2 nitrogen and oxygen atoms in total. The van der Waals surface area contributed by atoms with E-state index in [0.717, 1.165) is 12.0 Å². The summed E-state index contributed by atoms with van der Waals surface area (Å²) in [4.78, 5) is 15.4. The van der Waals surface area contributed by atoms with Gasteiger partial charge < -0.3 is 4.90 Å². The van der Waals surface area contributed by atoms with E-state index in [1.165, 1.54) is 11.3 Å². The second-order valence-electron chi connectivity index (χ2n) is 7.47. The summed E-state index contributed by atoms with van der Waals surface area (Å²) in [6.07, 6.45) is 5.24. The number of benzene rings is 1. The van der Waals surface area contributed by atoms with Crippen LogP contribution in [-0.4, -0.2) is 24.8 Å². The first-order valence-corrected chi connectivity index (χ1v) is 7.86. The highest BCUT2D eigenvalue weighted by atomic mass is 16.1. The number of carbonyl (C=O) groups excluding carboxylic acids is 1. The lowest BCUT2D eigenvalue weighted by atomic mass is 9.60. The Bertz CT molecular complexity index is 617. The van der Waals surface area contributed by atoms with Gasteiger partial charge in [0.05, 0.1) is 5.41 Å². The molecule has 1 aromatic carbocycles. The van der Waals surface area contributed by atoms with Crippen LogP contribution in [0.2, 0.25) is 0 Å². The molecule has 0 bridgehead atoms. The third-order valence-corrected chi connectivity index (χ3v) is 5.00. The quantitative estimate of drug-likeness (QED) is 0.751. The third kappa shape index (κ3) is 2.75. The van der Waals surface area contributed by atoms with Crippen molar-refractivity contribution in [3.63, 3.8) is 0 Å². The molecular weight excluding hydrogens is 270 g/mol. The van der Waals surface area contributed by atoms with Gasteiger partial charge in [-0.05, 0) is 24.8 Å². The van der Waals surface area contributed by atoms with Crippen LogP contribution in [0.25, 0.3) is 0 Å². The number of ketones is 1. The van der Waals surface area contributed by atoms with Crippen LogP contribution in [0, 0.1) is 10.8 Å². The van der Waals surface area contributed by atoms with Crippen molar-refractivity contribution in [1.29, 1.82) is 0 Å². The summed E-state index contributed by atoms with van der Waals surface area (Å²) in [5, 5.41) is 0. The molecule has 0 saturated heterocycles. The smallest absolute Gasteiger partial charge is 0.173 e. The number of carbonyl (C=O) groups is 1. The molecule has 2 heteroatoms. The van der Waals surface area contributed by atoms with Gasteiger partial charge in [-0.3, -0.25) is 4.79 Å². The van der Waals surface area contributed by atoms with Crippen LogP contribution in [0.3, 0.4) is 0 Å². The molecule has 0 fully saturated rings. The fraction of sp³-hybridized carbons (Fsp3) is 0.450. The van der Waals surface area contributed by atoms with Crippen molar-refractivity contribution in [3.8, 4) is 0 Å². The van der Waals surface area contributed by atoms with Crippen LogP contribution in [0.1, 0.15) is 44.5 Å². The summed E-state index contributed by atoms with van der Waals surface area (Å²) in [5.74, 6) is 0.209. The normalized spacial score (nSPS) is 17.5. The topological polar surface area (TPSA) is 20.3 Å². The lowest BCUT2D eigenvalue weighted by Gasteiger charge is -2.42. The molecule has 1 aliphatic rings. The van der Waals surface area contributed by atoms with E-state index in [1.54, 1.807) is 0 Å². The van der Waals surface area contributed by atoms with Gasteiger partial charge in [0.2, 0.25) is 0 Å². The summed E-state index contributed by atoms with van der Waals surface area (Å²) in [6, 6.07) is 9.65. The minimum absolute atomic E-state index is 0.151. The Morgan fingerprint density at radius 1 is 1.05 bits per heavy atom. The van der Waals surface area contributed by atoms with E-state index in [2.05, 4.69) is 44.7 Å². The van der Waals surface area contributed by atoms with Crippen LogP contribution < -0.4 is 0 Å². The number of hydrogen-bond acceptors (Lipinski definition) is 2. The van der Waals surface area contributed by atoms with Crippen molar-refractivity contribution in [1.82, 2.24) is 4.90 Å². The Labute approximate surface area is 134 Å². The summed E-state index contributed by atoms with van der Waals surface area (Å²) >= 11 is 0. The second-order valence-corrected chi connectivity index (χ2v) is 7.47. The van der Waals surface area contributed by atoms with Gasteiger partial charge >= 0.3 is 0 Å². The number of rotatable bonds is 4. The van der Waals surface area contributed by atoms with Crippen LogP contribution >= 0.6 is 0 Å². The van der Waals surface area contributed by atoms with Gasteiger partial charge in [0.1, 0.15) is 0 Å². The van der Waals surface area contributed by atoms with Crippen molar-refractivity contribution in [2.24, 2.45) is 10.8 Å². The SMILES string of the molecule is CN(C)C1=CCC(C(C)(C(=O)c2ccccc2)C(C)(C)C)=C1. The summed E-state index contributed by atoms with van der Waals surface area (Å²) < 4.78 is 0. The van der Waals surface area contributed by atoms with E-state index in [1.807, 2.05) is 44.4 Å². The standard InChI is InChI=1S/C20H27NO/c1-19(2,3)20(4,16-12-13-17(14-16)21(5)6)18(22)15-10-8-7-9-11-15/h7-11,13-14H,12H2,1-6H3. The molecule has 22 heavy (non-hydrogen) atoms. The van der Waals surface area contributed by atoms with Crippen LogP contribution in [0.4, 0.5) is 0 Å². The maximum Gasteiger partial charge on any atom is 0.173 e. The molecule has 1 unspecified atom stereocenters. The highest BCUT2D eigenvalue weighted by Gasteiger charge is 2.47. The van der Waals surface area contributed by atoms with E-state index < -0.39 is 5.41 Å². The molecule has 0 radical (unpaired) electrons. The molecule has 0 N–H and O–H groups in total. The zero-order valence-corrected chi connectivity index (χ0v) is 14.6. The predicted molar refractivity (Wildman–Crippen MR) is 92.8 cm³/mol. The van der Waals surface area contributed by atoms with Crippen molar-refractivity contribution in [2.45, 2.75) is 34.1 Å². The average Bonchev–Trinajstić information content (AvgIpc) is 2.95. The van der Waals surface area contributed by atoms with Gasteiger partial charge in [-0.2, -0.15) is 0 Å². The Morgan fingerprint density at radius 3 is 2.09 bits per heavy atom. The van der Waals surface area contributed by atoms with Crippen LogP contribution in [0.5, 0.6) is 0 Å². The molecule has 0 aromatic heterocycles. The molecule has 0 amide bonds. The maximum atomic E-state index is 13.3. The van der Waals surface area contributed by atoms with Crippen molar-refractivity contribution >= 4 is 5.78 Å². The molecule has 0 saturated carbocycles. The van der Waals surface area contributed by atoms with E-state index >= 15 is 0 Å². The molecule has 1 aromatic rings. The fourth-order valence-electron chi connectivity index (χ4n) is 3.02. The Balaban J connectivity index is 2.48. The van der Waals surface area contributed by atoms with Gasteiger partial charge in [0.25, 0.3) is 0 Å². The van der Waals surface area contributed by atoms with Gasteiger partial charge in [-0.15, -0.1) is 0 Å². The lowest BCUT2D eigenvalue weighted by Crippen LogP contribution is -2.42. The average molecular weight is 297 g/mol. The molecule has 1 atom stereocenters. The number of nitrogens with zero attached hydrogens (tertiary/aromatic N) is 1. The van der Waals surface area contributed by atoms with E-state index in [0.29, 0.717) is 0 Å². The summed E-state index contributed by atoms with van der Waals surface area (Å²) in [7, 11) is 4.08. The number of allylic oxidation sites excluding steroid dienone is 3. The highest BCUT2D eigenvalue weighted by molar-refractivity contribution is 6.03. The molecule has 2 rings (SSSR count). The third-order valence-electron chi connectivity index (χ3n) is 5.00. The van der Waals surface area contributed by atoms with Gasteiger partial charge in [0.15, 0.2) is 5.78 Å². The van der Waals surface area contributed by atoms with Gasteiger partial charge in [0, 0.05) is 25.4 Å². The first kappa shape index (κ1) is 16.5. The molecule has 0 spiro atoms. The van der Waals surface area contributed by atoms with E-state index in [4.69, 9.17) is 0 Å². The Hall–Kier alpha value is -1.83. The van der Waals surface area contributed by atoms with E-state index in [-0.39, 0.29) is 11.2 Å². The lowest BCUT2D eigenvalue weighted by molar-refractivity contribution is 0.0670. The van der Waals surface area contributed by atoms with Crippen LogP contribution in [-0.2, 0) is 0 Å². The monoisotopic (exact) mass is 297 g/mol. The zero-order chi connectivity index (χ0) is 16.5. The molecule has 1 aliphatic carbocycles. The molecule has 118 valence electrons. The predicted octanol–water partition coefficient (Wildman–Crippen LogP) is 4.70. The summed E-state index contributed by atoms with van der Waals surface area (Å²) in [6.45, 7) is 8.56. The van der Waals surface area contributed by atoms with Crippen molar-refractivity contribution in [3.05, 3.63) is 59.3 Å². The minimum atomic E-state index is -0.511.